The van der Waals surface area contributed by atoms with Gasteiger partial charge >= 0.3 is 0 Å². The molecule has 122 valence electrons. The molecule has 0 aromatic heterocycles. The van der Waals surface area contributed by atoms with Gasteiger partial charge in [0.15, 0.2) is 5.60 Å². The van der Waals surface area contributed by atoms with E-state index in [0.717, 1.165) is 11.1 Å². The lowest BCUT2D eigenvalue weighted by atomic mass is 9.81. The number of ether oxygens (including phenoxy) is 1. The zero-order chi connectivity index (χ0) is 16.9. The normalized spacial score (nSPS) is 18.9. The van der Waals surface area contributed by atoms with E-state index in [4.69, 9.17) is 17.0 Å². The van der Waals surface area contributed by atoms with Gasteiger partial charge in [-0.1, -0.05) is 80.9 Å². The molecule has 3 rings (SSSR count). The quantitative estimate of drug-likeness (QED) is 0.722. The second-order valence-corrected chi connectivity index (χ2v) is 6.18. The fraction of sp³-hybridized carbons (Fsp3) is 0.350. The van der Waals surface area contributed by atoms with E-state index in [9.17, 15) is 0 Å². The first kappa shape index (κ1) is 17.5. The molecular weight excluding hydrogens is 302 g/mol. The number of thiocarbonyl (C=S) groups is 1. The topological polar surface area (TPSA) is 12.5 Å². The first-order valence-electron chi connectivity index (χ1n) is 8.14. The Bertz CT molecular complexity index is 587. The summed E-state index contributed by atoms with van der Waals surface area (Å²) in [6.45, 7) is 6.40. The monoisotopic (exact) mass is 327 g/mol. The highest BCUT2D eigenvalue weighted by atomic mass is 32.1. The Morgan fingerprint density at radius 1 is 0.957 bits per heavy atom. The zero-order valence-corrected chi connectivity index (χ0v) is 15.1. The molecule has 0 radical (unpaired) electrons. The average Bonchev–Trinajstić information content (AvgIpc) is 2.82. The van der Waals surface area contributed by atoms with Gasteiger partial charge in [0.05, 0.1) is 6.04 Å². The molecule has 2 aromatic rings. The van der Waals surface area contributed by atoms with Crippen LogP contribution >= 0.6 is 12.2 Å². The number of hydrogen-bond donors (Lipinski definition) is 0. The number of benzene rings is 2. The fourth-order valence-electron chi connectivity index (χ4n) is 2.86. The van der Waals surface area contributed by atoms with E-state index in [1.54, 1.807) is 0 Å². The second-order valence-electron chi connectivity index (χ2n) is 5.83. The lowest BCUT2D eigenvalue weighted by Crippen LogP contribution is -2.40. The van der Waals surface area contributed by atoms with Crippen molar-refractivity contribution in [3.05, 3.63) is 71.8 Å². The third-order valence-corrected chi connectivity index (χ3v) is 4.48. The van der Waals surface area contributed by atoms with Gasteiger partial charge in [0.2, 0.25) is 0 Å². The van der Waals surface area contributed by atoms with Crippen LogP contribution in [0.1, 0.15) is 38.3 Å². The van der Waals surface area contributed by atoms with E-state index >= 15 is 0 Å². The van der Waals surface area contributed by atoms with Crippen molar-refractivity contribution in [3.8, 4) is 0 Å². The predicted molar refractivity (Wildman–Crippen MR) is 101 cm³/mol. The minimum absolute atomic E-state index is 0.139. The van der Waals surface area contributed by atoms with Gasteiger partial charge in [-0.3, -0.25) is 0 Å². The predicted octanol–water partition coefficient (Wildman–Crippen LogP) is 4.98. The Balaban J connectivity index is 0.000000595. The van der Waals surface area contributed by atoms with Crippen molar-refractivity contribution < 1.29 is 4.74 Å². The summed E-state index contributed by atoms with van der Waals surface area (Å²) in [7, 11) is 1.99. The molecule has 1 aliphatic heterocycles. The van der Waals surface area contributed by atoms with E-state index in [2.05, 4.69) is 45.0 Å². The van der Waals surface area contributed by atoms with Gasteiger partial charge in [0, 0.05) is 18.2 Å². The molecule has 0 bridgehead atoms. The molecule has 1 saturated heterocycles. The average molecular weight is 327 g/mol. The fourth-order valence-corrected chi connectivity index (χ4v) is 3.15. The molecule has 0 N–H and O–H groups in total. The van der Waals surface area contributed by atoms with Crippen LogP contribution < -0.4 is 0 Å². The van der Waals surface area contributed by atoms with Gasteiger partial charge < -0.3 is 9.64 Å². The summed E-state index contributed by atoms with van der Waals surface area (Å²) >= 11 is 5.37. The molecule has 1 unspecified atom stereocenters. The smallest absolute Gasteiger partial charge is 0.260 e. The van der Waals surface area contributed by atoms with Crippen LogP contribution in [0.4, 0.5) is 0 Å². The summed E-state index contributed by atoms with van der Waals surface area (Å²) < 4.78 is 6.20. The van der Waals surface area contributed by atoms with Crippen LogP contribution in [0.25, 0.3) is 0 Å². The molecule has 0 aliphatic carbocycles. The van der Waals surface area contributed by atoms with Gasteiger partial charge in [0.25, 0.3) is 5.17 Å². The Labute approximate surface area is 145 Å². The summed E-state index contributed by atoms with van der Waals surface area (Å²) in [6.07, 6.45) is 1.25. The van der Waals surface area contributed by atoms with Crippen LogP contribution in [0, 0.1) is 0 Å². The first-order valence-corrected chi connectivity index (χ1v) is 8.55. The molecule has 1 atom stereocenters. The van der Waals surface area contributed by atoms with Crippen molar-refractivity contribution in [1.82, 2.24) is 4.90 Å². The Hall–Kier alpha value is -1.87. The number of likely N-dealkylation sites (N-methyl/N-ethyl adjacent to an activating group) is 1. The number of hydrogen-bond acceptors (Lipinski definition) is 2. The molecule has 0 amide bonds. The Morgan fingerprint density at radius 3 is 1.65 bits per heavy atom. The minimum atomic E-state index is -0.533. The van der Waals surface area contributed by atoms with Crippen LogP contribution in [0.5, 0.6) is 0 Å². The highest BCUT2D eigenvalue weighted by molar-refractivity contribution is 7.80. The van der Waals surface area contributed by atoms with Crippen LogP contribution in [0.3, 0.4) is 0 Å². The maximum absolute atomic E-state index is 6.20. The summed E-state index contributed by atoms with van der Waals surface area (Å²) in [4.78, 5) is 2.02. The van der Waals surface area contributed by atoms with Crippen LogP contribution in [0.15, 0.2) is 60.7 Å². The van der Waals surface area contributed by atoms with Crippen molar-refractivity contribution >= 4 is 17.4 Å². The van der Waals surface area contributed by atoms with Crippen molar-refractivity contribution in [3.63, 3.8) is 0 Å². The molecule has 0 saturated carbocycles. The van der Waals surface area contributed by atoms with Crippen LogP contribution in [-0.4, -0.2) is 23.2 Å². The summed E-state index contributed by atoms with van der Waals surface area (Å²) in [6, 6.07) is 20.7. The number of nitrogens with zero attached hydrogens (tertiary/aromatic N) is 1. The zero-order valence-electron chi connectivity index (χ0n) is 14.3. The van der Waals surface area contributed by atoms with Gasteiger partial charge in [-0.25, -0.2) is 0 Å². The standard InChI is InChI=1S/C17H17NOS.C3H8/c1-13-17(19-16(20)18(13)2,14-9-5-3-6-10-14)15-11-7-4-8-12-15;1-3-2/h3-13H,1-2H3;3H2,1-2H3. The maximum Gasteiger partial charge on any atom is 0.260 e. The van der Waals surface area contributed by atoms with E-state index in [-0.39, 0.29) is 6.04 Å². The number of rotatable bonds is 2. The molecule has 1 fully saturated rings. The molecule has 2 aromatic carbocycles. The van der Waals surface area contributed by atoms with Crippen molar-refractivity contribution in [2.24, 2.45) is 0 Å². The van der Waals surface area contributed by atoms with Gasteiger partial charge in [0.1, 0.15) is 0 Å². The van der Waals surface area contributed by atoms with Crippen LogP contribution in [-0.2, 0) is 10.3 Å². The van der Waals surface area contributed by atoms with Crippen molar-refractivity contribution in [1.29, 1.82) is 0 Å². The third-order valence-electron chi connectivity index (χ3n) is 4.11. The SMILES string of the molecule is CC1N(C)C(=S)OC1(c1ccccc1)c1ccccc1.CCC. The van der Waals surface area contributed by atoms with E-state index in [1.165, 1.54) is 6.42 Å². The lowest BCUT2D eigenvalue weighted by molar-refractivity contribution is 0.105. The minimum Gasteiger partial charge on any atom is -0.452 e. The first-order chi connectivity index (χ1) is 11.1. The van der Waals surface area contributed by atoms with E-state index in [0.29, 0.717) is 5.17 Å². The molecular formula is C20H25NOS. The summed E-state index contributed by atoms with van der Waals surface area (Å²) in [5, 5.41) is 0.546. The Morgan fingerprint density at radius 2 is 1.35 bits per heavy atom. The van der Waals surface area contributed by atoms with Crippen molar-refractivity contribution in [2.75, 3.05) is 7.05 Å². The molecule has 1 heterocycles. The highest BCUT2D eigenvalue weighted by Crippen LogP contribution is 2.43. The highest BCUT2D eigenvalue weighted by Gasteiger charge is 2.50. The maximum atomic E-state index is 6.20. The van der Waals surface area contributed by atoms with Crippen molar-refractivity contribution in [2.45, 2.75) is 38.8 Å². The third kappa shape index (κ3) is 3.25. The van der Waals surface area contributed by atoms with Gasteiger partial charge in [-0.2, -0.15) is 0 Å². The Kier molecular flexibility index (Phi) is 5.78. The second kappa shape index (κ2) is 7.60. The molecule has 0 spiro atoms. The summed E-state index contributed by atoms with van der Waals surface area (Å²) in [5.74, 6) is 0. The van der Waals surface area contributed by atoms with Gasteiger partial charge in [-0.15, -0.1) is 0 Å². The van der Waals surface area contributed by atoms with Crippen LogP contribution in [0.2, 0.25) is 0 Å². The molecule has 2 nitrogen and oxygen atoms in total. The van der Waals surface area contributed by atoms with Gasteiger partial charge in [-0.05, 0) is 19.1 Å². The molecule has 3 heteroatoms. The van der Waals surface area contributed by atoms with E-state index in [1.807, 2.05) is 48.3 Å². The van der Waals surface area contributed by atoms with E-state index < -0.39 is 5.60 Å². The molecule has 23 heavy (non-hydrogen) atoms. The summed E-state index contributed by atoms with van der Waals surface area (Å²) in [5.41, 5.74) is 1.73. The molecule has 1 aliphatic rings. The largest absolute Gasteiger partial charge is 0.452 e. The lowest BCUT2D eigenvalue weighted by Gasteiger charge is -2.33.